The zero-order valence-corrected chi connectivity index (χ0v) is 10.5. The molecule has 1 heterocycles. The van der Waals surface area contributed by atoms with Crippen LogP contribution in [0.25, 0.3) is 0 Å². The number of nitrogen functional groups attached to an aromatic ring is 1. The van der Waals surface area contributed by atoms with Crippen molar-refractivity contribution in [2.24, 2.45) is 0 Å². The van der Waals surface area contributed by atoms with Crippen LogP contribution in [0.3, 0.4) is 0 Å². The summed E-state index contributed by atoms with van der Waals surface area (Å²) >= 11 is 5.61. The summed E-state index contributed by atoms with van der Waals surface area (Å²) < 4.78 is 0. The fourth-order valence-electron chi connectivity index (χ4n) is 1.39. The summed E-state index contributed by atoms with van der Waals surface area (Å²) in [5, 5.41) is 2.53. The van der Waals surface area contributed by atoms with Crippen molar-refractivity contribution in [3.63, 3.8) is 0 Å². The lowest BCUT2D eigenvalue weighted by molar-refractivity contribution is 0.0849. The van der Waals surface area contributed by atoms with Gasteiger partial charge in [-0.15, -0.1) is 0 Å². The molecule has 0 aliphatic rings. The van der Waals surface area contributed by atoms with Crippen molar-refractivity contribution in [3.05, 3.63) is 58.9 Å². The highest BCUT2D eigenvalue weighted by Crippen LogP contribution is 2.07. The second kappa shape index (κ2) is 5.49. The molecule has 0 radical (unpaired) electrons. The molecule has 96 valence electrons. The van der Waals surface area contributed by atoms with E-state index in [9.17, 15) is 9.59 Å². The molecule has 2 aromatic rings. The Bertz CT molecular complexity index is 553. The summed E-state index contributed by atoms with van der Waals surface area (Å²) in [6.45, 7) is 0. The smallest absolute Gasteiger partial charge is 0.259 e. The van der Waals surface area contributed by atoms with Crippen LogP contribution in [0.1, 0.15) is 20.7 Å². The third-order valence-corrected chi connectivity index (χ3v) is 2.61. The summed E-state index contributed by atoms with van der Waals surface area (Å²) in [5.41, 5.74) is 6.67. The molecule has 3 N–H and O–H groups in total. The number of carbonyl (C=O) groups is 2. The number of amides is 2. The van der Waals surface area contributed by atoms with Gasteiger partial charge < -0.3 is 5.73 Å². The Morgan fingerprint density at radius 3 is 2.16 bits per heavy atom. The molecule has 0 aliphatic heterocycles. The van der Waals surface area contributed by atoms with Gasteiger partial charge >= 0.3 is 0 Å². The number of nitrogens with one attached hydrogen (secondary N) is 1. The minimum atomic E-state index is -0.536. The molecule has 0 fully saturated rings. The Morgan fingerprint density at radius 2 is 1.58 bits per heavy atom. The van der Waals surface area contributed by atoms with Crippen LogP contribution in [0.4, 0.5) is 5.69 Å². The number of carbonyl (C=O) groups excluding carboxylic acids is 2. The minimum Gasteiger partial charge on any atom is -0.399 e. The monoisotopic (exact) mass is 275 g/mol. The summed E-state index contributed by atoms with van der Waals surface area (Å²) in [6.07, 6.45) is 1.30. The highest BCUT2D eigenvalue weighted by molar-refractivity contribution is 6.29. The van der Waals surface area contributed by atoms with Crippen molar-refractivity contribution in [2.45, 2.75) is 0 Å². The van der Waals surface area contributed by atoms with Crippen LogP contribution in [-0.2, 0) is 0 Å². The third-order valence-electron chi connectivity index (χ3n) is 2.39. The average molecular weight is 276 g/mol. The fraction of sp³-hybridized carbons (Fsp3) is 0. The highest BCUT2D eigenvalue weighted by atomic mass is 35.5. The molecule has 0 aliphatic carbocycles. The molecule has 5 nitrogen and oxygen atoms in total. The molecule has 1 aromatic carbocycles. The number of halogens is 1. The van der Waals surface area contributed by atoms with Gasteiger partial charge in [0.05, 0.1) is 5.56 Å². The van der Waals surface area contributed by atoms with Gasteiger partial charge in [0.2, 0.25) is 0 Å². The number of aromatic nitrogens is 1. The van der Waals surface area contributed by atoms with Crippen LogP contribution in [0.15, 0.2) is 42.6 Å². The largest absolute Gasteiger partial charge is 0.399 e. The molecule has 0 unspecified atom stereocenters. The van der Waals surface area contributed by atoms with Crippen LogP contribution < -0.4 is 11.1 Å². The van der Waals surface area contributed by atoms with E-state index in [2.05, 4.69) is 10.3 Å². The SMILES string of the molecule is Nc1ccc(C(=O)NC(=O)c2ccc(Cl)nc2)cc1. The van der Waals surface area contributed by atoms with Crippen molar-refractivity contribution in [3.8, 4) is 0 Å². The molecule has 0 saturated heterocycles. The maximum atomic E-state index is 11.8. The van der Waals surface area contributed by atoms with Gasteiger partial charge in [-0.3, -0.25) is 14.9 Å². The molecule has 2 amide bonds. The number of hydrogen-bond donors (Lipinski definition) is 2. The Balaban J connectivity index is 2.08. The summed E-state index contributed by atoms with van der Waals surface area (Å²) in [5.74, 6) is -1.04. The predicted molar refractivity (Wildman–Crippen MR) is 71.9 cm³/mol. The number of benzene rings is 1. The van der Waals surface area contributed by atoms with Crippen LogP contribution in [0.5, 0.6) is 0 Å². The topological polar surface area (TPSA) is 85.1 Å². The quantitative estimate of drug-likeness (QED) is 0.498. The predicted octanol–water partition coefficient (Wildman–Crippen LogP) is 1.89. The average Bonchev–Trinajstić information content (AvgIpc) is 2.40. The normalized spacial score (nSPS) is 9.95. The lowest BCUT2D eigenvalue weighted by Crippen LogP contribution is -2.30. The van der Waals surface area contributed by atoms with Crippen molar-refractivity contribution in [1.29, 1.82) is 0 Å². The summed E-state index contributed by atoms with van der Waals surface area (Å²) in [6, 6.07) is 9.22. The maximum absolute atomic E-state index is 11.8. The molecular weight excluding hydrogens is 266 g/mol. The molecule has 0 bridgehead atoms. The van der Waals surface area contributed by atoms with E-state index in [4.69, 9.17) is 17.3 Å². The van der Waals surface area contributed by atoms with Gasteiger partial charge in [0.25, 0.3) is 11.8 Å². The maximum Gasteiger partial charge on any atom is 0.259 e. The fourth-order valence-corrected chi connectivity index (χ4v) is 1.50. The molecule has 19 heavy (non-hydrogen) atoms. The van der Waals surface area contributed by atoms with E-state index in [0.717, 1.165) is 0 Å². The van der Waals surface area contributed by atoms with E-state index in [-0.39, 0.29) is 10.7 Å². The Hall–Kier alpha value is -2.40. The molecule has 0 saturated carbocycles. The minimum absolute atomic E-state index is 0.258. The number of nitrogens with two attached hydrogens (primary N) is 1. The second-order valence-electron chi connectivity index (χ2n) is 3.77. The van der Waals surface area contributed by atoms with E-state index in [0.29, 0.717) is 11.3 Å². The van der Waals surface area contributed by atoms with Gasteiger partial charge in [0.1, 0.15) is 5.15 Å². The first-order chi connectivity index (χ1) is 9.06. The number of anilines is 1. The number of hydrogen-bond acceptors (Lipinski definition) is 4. The molecule has 1 aromatic heterocycles. The van der Waals surface area contributed by atoms with Gasteiger partial charge in [0, 0.05) is 17.4 Å². The van der Waals surface area contributed by atoms with Gasteiger partial charge in [-0.1, -0.05) is 11.6 Å². The number of imide groups is 1. The Kier molecular flexibility index (Phi) is 3.77. The van der Waals surface area contributed by atoms with E-state index < -0.39 is 11.8 Å². The van der Waals surface area contributed by atoms with E-state index in [1.807, 2.05) is 0 Å². The zero-order valence-electron chi connectivity index (χ0n) is 9.76. The standard InChI is InChI=1S/C13H10ClN3O2/c14-11-6-3-9(7-16-11)13(19)17-12(18)8-1-4-10(15)5-2-8/h1-7H,15H2,(H,17,18,19). The van der Waals surface area contributed by atoms with Crippen LogP contribution in [-0.4, -0.2) is 16.8 Å². The summed E-state index contributed by atoms with van der Waals surface area (Å²) in [7, 11) is 0. The lowest BCUT2D eigenvalue weighted by Gasteiger charge is -2.04. The molecule has 0 spiro atoms. The summed E-state index contributed by atoms with van der Waals surface area (Å²) in [4.78, 5) is 27.3. The Morgan fingerprint density at radius 1 is 1.00 bits per heavy atom. The van der Waals surface area contributed by atoms with E-state index in [1.165, 1.54) is 30.5 Å². The third kappa shape index (κ3) is 3.29. The molecular formula is C13H10ClN3O2. The van der Waals surface area contributed by atoms with Crippen LogP contribution in [0.2, 0.25) is 5.15 Å². The molecule has 2 rings (SSSR count). The van der Waals surface area contributed by atoms with E-state index >= 15 is 0 Å². The highest BCUT2D eigenvalue weighted by Gasteiger charge is 2.12. The number of nitrogens with zero attached hydrogens (tertiary/aromatic N) is 1. The van der Waals surface area contributed by atoms with Gasteiger partial charge in [-0.25, -0.2) is 4.98 Å². The van der Waals surface area contributed by atoms with Crippen molar-refractivity contribution < 1.29 is 9.59 Å². The number of pyridine rings is 1. The van der Waals surface area contributed by atoms with Gasteiger partial charge in [0.15, 0.2) is 0 Å². The van der Waals surface area contributed by atoms with Crippen LogP contribution in [0, 0.1) is 0 Å². The lowest BCUT2D eigenvalue weighted by atomic mass is 10.2. The first-order valence-electron chi connectivity index (χ1n) is 5.39. The van der Waals surface area contributed by atoms with E-state index in [1.54, 1.807) is 12.1 Å². The van der Waals surface area contributed by atoms with Crippen molar-refractivity contribution >= 4 is 29.1 Å². The van der Waals surface area contributed by atoms with Gasteiger partial charge in [-0.2, -0.15) is 0 Å². The van der Waals surface area contributed by atoms with Gasteiger partial charge in [-0.05, 0) is 36.4 Å². The zero-order chi connectivity index (χ0) is 13.8. The molecule has 0 atom stereocenters. The Labute approximate surface area is 114 Å². The first kappa shape index (κ1) is 13.0. The van der Waals surface area contributed by atoms with Crippen molar-refractivity contribution in [1.82, 2.24) is 10.3 Å². The van der Waals surface area contributed by atoms with Crippen LogP contribution >= 0.6 is 11.6 Å². The first-order valence-corrected chi connectivity index (χ1v) is 5.77. The second-order valence-corrected chi connectivity index (χ2v) is 4.16. The molecule has 6 heteroatoms. The number of rotatable bonds is 2. The van der Waals surface area contributed by atoms with Crippen molar-refractivity contribution in [2.75, 3.05) is 5.73 Å².